The van der Waals surface area contributed by atoms with E-state index in [1.54, 1.807) is 12.1 Å². The van der Waals surface area contributed by atoms with E-state index in [0.29, 0.717) is 6.54 Å². The van der Waals surface area contributed by atoms with Crippen molar-refractivity contribution in [3.8, 4) is 17.1 Å². The van der Waals surface area contributed by atoms with E-state index in [-0.39, 0.29) is 11.8 Å². The Labute approximate surface area is 189 Å². The second kappa shape index (κ2) is 9.78. The molecule has 0 amide bonds. The summed E-state index contributed by atoms with van der Waals surface area (Å²) in [6.45, 7) is 6.72. The standard InChI is InChI=1S/C25H30N6O/c1-18-6-7-19(23-4-3-5-25(32)29-23)13-24(18)28-16-21(14-26)20-12-22(17-27-15-20)31-10-8-30(2)9-11-31/h3-7,12-15,17,21,26,28H,8-11,16H2,1-2H3,(H,29,32). The molecule has 0 bridgehead atoms. The monoisotopic (exact) mass is 430 g/mol. The van der Waals surface area contributed by atoms with Gasteiger partial charge in [0.1, 0.15) is 0 Å². The SMILES string of the molecule is Cc1ccc(-c2cccc(O)n2)cc1NCC(C=N)c1cncc(N2CCN(C)CC2)c1. The summed E-state index contributed by atoms with van der Waals surface area (Å²) in [6.07, 6.45) is 5.25. The van der Waals surface area contributed by atoms with Gasteiger partial charge in [0, 0.05) is 68.4 Å². The van der Waals surface area contributed by atoms with Crippen molar-refractivity contribution in [2.45, 2.75) is 12.8 Å². The van der Waals surface area contributed by atoms with Crippen LogP contribution in [0.4, 0.5) is 11.4 Å². The van der Waals surface area contributed by atoms with Crippen LogP contribution in [0, 0.1) is 12.3 Å². The summed E-state index contributed by atoms with van der Waals surface area (Å²) in [5.41, 5.74) is 5.91. The Kier molecular flexibility index (Phi) is 6.66. The highest BCUT2D eigenvalue weighted by Gasteiger charge is 2.17. The van der Waals surface area contributed by atoms with Gasteiger partial charge in [0.2, 0.25) is 5.88 Å². The first kappa shape index (κ1) is 21.8. The van der Waals surface area contributed by atoms with Crippen molar-refractivity contribution in [2.75, 3.05) is 50.0 Å². The molecule has 3 aromatic rings. The first-order valence-electron chi connectivity index (χ1n) is 10.9. The zero-order chi connectivity index (χ0) is 22.5. The summed E-state index contributed by atoms with van der Waals surface area (Å²) in [5, 5.41) is 21.2. The fourth-order valence-corrected chi connectivity index (χ4v) is 3.93. The van der Waals surface area contributed by atoms with Crippen LogP contribution in [-0.2, 0) is 0 Å². The molecule has 1 aromatic carbocycles. The van der Waals surface area contributed by atoms with Crippen LogP contribution in [0.5, 0.6) is 5.88 Å². The number of benzene rings is 1. The van der Waals surface area contributed by atoms with E-state index in [9.17, 15) is 5.11 Å². The van der Waals surface area contributed by atoms with Crippen molar-refractivity contribution in [3.63, 3.8) is 0 Å². The number of anilines is 2. The average molecular weight is 431 g/mol. The molecule has 1 atom stereocenters. The van der Waals surface area contributed by atoms with Crippen LogP contribution in [0.3, 0.4) is 0 Å². The lowest BCUT2D eigenvalue weighted by Gasteiger charge is -2.34. The van der Waals surface area contributed by atoms with E-state index in [2.05, 4.69) is 45.1 Å². The fraction of sp³-hybridized carbons (Fsp3) is 0.320. The molecule has 32 heavy (non-hydrogen) atoms. The summed E-state index contributed by atoms with van der Waals surface area (Å²) in [7, 11) is 2.15. The number of pyridine rings is 2. The minimum absolute atomic E-state index is 0.00851. The number of nitrogens with zero attached hydrogens (tertiary/aromatic N) is 4. The molecule has 3 heterocycles. The van der Waals surface area contributed by atoms with Gasteiger partial charge in [-0.3, -0.25) is 4.98 Å². The summed E-state index contributed by atoms with van der Waals surface area (Å²) < 4.78 is 0. The lowest BCUT2D eigenvalue weighted by atomic mass is 10.0. The average Bonchev–Trinajstić information content (AvgIpc) is 2.81. The summed E-state index contributed by atoms with van der Waals surface area (Å²) in [5.74, 6) is -0.0777. The van der Waals surface area contributed by atoms with Gasteiger partial charge in [-0.2, -0.15) is 0 Å². The number of nitrogens with one attached hydrogen (secondary N) is 2. The van der Waals surface area contributed by atoms with Crippen LogP contribution in [0.15, 0.2) is 54.9 Å². The van der Waals surface area contributed by atoms with Crippen LogP contribution >= 0.6 is 0 Å². The molecule has 1 aliphatic rings. The molecule has 1 unspecified atom stereocenters. The zero-order valence-corrected chi connectivity index (χ0v) is 18.6. The molecule has 0 saturated carbocycles. The molecular weight excluding hydrogens is 400 g/mol. The van der Waals surface area contributed by atoms with E-state index in [0.717, 1.165) is 59.9 Å². The molecule has 1 fully saturated rings. The first-order valence-corrected chi connectivity index (χ1v) is 10.9. The Morgan fingerprint density at radius 1 is 1.12 bits per heavy atom. The summed E-state index contributed by atoms with van der Waals surface area (Å²) in [6, 6.07) is 13.5. The largest absolute Gasteiger partial charge is 0.493 e. The molecule has 7 heteroatoms. The lowest BCUT2D eigenvalue weighted by molar-refractivity contribution is 0.313. The van der Waals surface area contributed by atoms with Gasteiger partial charge in [0.15, 0.2) is 0 Å². The number of likely N-dealkylation sites (N-methyl/N-ethyl adjacent to an activating group) is 1. The van der Waals surface area contributed by atoms with Crippen molar-refractivity contribution in [1.82, 2.24) is 14.9 Å². The molecule has 3 N–H and O–H groups in total. The van der Waals surface area contributed by atoms with E-state index >= 15 is 0 Å². The Balaban J connectivity index is 1.49. The quantitative estimate of drug-likeness (QED) is 0.495. The van der Waals surface area contributed by atoms with E-state index in [4.69, 9.17) is 5.41 Å². The molecular formula is C25H30N6O. The highest BCUT2D eigenvalue weighted by molar-refractivity contribution is 5.70. The molecule has 2 aromatic heterocycles. The Morgan fingerprint density at radius 2 is 1.94 bits per heavy atom. The first-order chi connectivity index (χ1) is 15.5. The number of rotatable bonds is 7. The topological polar surface area (TPSA) is 88.4 Å². The molecule has 166 valence electrons. The number of aromatic nitrogens is 2. The van der Waals surface area contributed by atoms with Crippen LogP contribution in [-0.4, -0.2) is 66.0 Å². The second-order valence-corrected chi connectivity index (χ2v) is 8.33. The predicted molar refractivity (Wildman–Crippen MR) is 130 cm³/mol. The zero-order valence-electron chi connectivity index (χ0n) is 18.6. The van der Waals surface area contributed by atoms with Crippen molar-refractivity contribution >= 4 is 17.6 Å². The van der Waals surface area contributed by atoms with Gasteiger partial charge in [0.05, 0.1) is 17.6 Å². The number of hydrogen-bond acceptors (Lipinski definition) is 7. The smallest absolute Gasteiger partial charge is 0.211 e. The van der Waals surface area contributed by atoms with Gasteiger partial charge in [-0.1, -0.05) is 18.2 Å². The minimum atomic E-state index is -0.0862. The third-order valence-electron chi connectivity index (χ3n) is 6.02. The normalized spacial score (nSPS) is 15.4. The highest BCUT2D eigenvalue weighted by Crippen LogP contribution is 2.27. The van der Waals surface area contributed by atoms with Crippen LogP contribution in [0.1, 0.15) is 17.0 Å². The van der Waals surface area contributed by atoms with Crippen LogP contribution in [0.25, 0.3) is 11.3 Å². The van der Waals surface area contributed by atoms with Gasteiger partial charge >= 0.3 is 0 Å². The number of aromatic hydroxyl groups is 1. The third kappa shape index (κ3) is 5.06. The lowest BCUT2D eigenvalue weighted by Crippen LogP contribution is -2.44. The highest BCUT2D eigenvalue weighted by atomic mass is 16.3. The predicted octanol–water partition coefficient (Wildman–Crippen LogP) is 3.75. The van der Waals surface area contributed by atoms with Gasteiger partial charge in [-0.25, -0.2) is 4.98 Å². The third-order valence-corrected chi connectivity index (χ3v) is 6.02. The number of piperazine rings is 1. The van der Waals surface area contributed by atoms with E-state index in [1.807, 2.05) is 36.7 Å². The fourth-order valence-electron chi connectivity index (χ4n) is 3.93. The summed E-state index contributed by atoms with van der Waals surface area (Å²) in [4.78, 5) is 13.4. The molecule has 0 radical (unpaired) electrons. The van der Waals surface area contributed by atoms with Gasteiger partial charge in [-0.05, 0) is 43.3 Å². The van der Waals surface area contributed by atoms with Crippen LogP contribution in [0.2, 0.25) is 0 Å². The number of aryl methyl sites for hydroxylation is 1. The van der Waals surface area contributed by atoms with Crippen molar-refractivity contribution < 1.29 is 5.11 Å². The van der Waals surface area contributed by atoms with Gasteiger partial charge < -0.3 is 25.6 Å². The maximum absolute atomic E-state index is 9.70. The summed E-state index contributed by atoms with van der Waals surface area (Å²) >= 11 is 0. The maximum Gasteiger partial charge on any atom is 0.211 e. The van der Waals surface area contributed by atoms with Gasteiger partial charge in [0.25, 0.3) is 0 Å². The van der Waals surface area contributed by atoms with Crippen molar-refractivity contribution in [2.24, 2.45) is 0 Å². The molecule has 1 saturated heterocycles. The molecule has 0 spiro atoms. The van der Waals surface area contributed by atoms with Crippen LogP contribution < -0.4 is 10.2 Å². The minimum Gasteiger partial charge on any atom is -0.493 e. The number of hydrogen-bond donors (Lipinski definition) is 3. The van der Waals surface area contributed by atoms with Crippen molar-refractivity contribution in [1.29, 1.82) is 5.41 Å². The second-order valence-electron chi connectivity index (χ2n) is 8.33. The van der Waals surface area contributed by atoms with Gasteiger partial charge in [-0.15, -0.1) is 0 Å². The Bertz CT molecular complexity index is 1080. The van der Waals surface area contributed by atoms with E-state index < -0.39 is 0 Å². The molecule has 0 aliphatic carbocycles. The Morgan fingerprint density at radius 3 is 2.69 bits per heavy atom. The molecule has 4 rings (SSSR count). The molecule has 1 aliphatic heterocycles. The maximum atomic E-state index is 9.70. The Hall–Kier alpha value is -3.45. The molecule has 7 nitrogen and oxygen atoms in total. The van der Waals surface area contributed by atoms with E-state index in [1.165, 1.54) is 6.21 Å². The van der Waals surface area contributed by atoms with Crippen molar-refractivity contribution in [3.05, 3.63) is 66.0 Å².